The average molecular weight is 163 g/mol. The zero-order chi connectivity index (χ0) is 4.62. The number of nitrogens with two attached hydrogens (primary N) is 1. The Morgan fingerprint density at radius 3 is 2.29 bits per heavy atom. The van der Waals surface area contributed by atoms with Gasteiger partial charge in [0.25, 0.3) is 5.12 Å². The molecule has 1 fully saturated rings. The molecule has 3 N–H and O–H groups in total. The van der Waals surface area contributed by atoms with Gasteiger partial charge in [-0.15, -0.1) is 0 Å². The molecule has 1 rings (SSSR count). The van der Waals surface area contributed by atoms with Gasteiger partial charge in [0.2, 0.25) is 0 Å². The van der Waals surface area contributed by atoms with Gasteiger partial charge in [0.05, 0.1) is 18.6 Å². The van der Waals surface area contributed by atoms with Crippen LogP contribution in [0.4, 0.5) is 0 Å². The quantitative estimate of drug-likeness (QED) is 0.304. The Hall–Kier alpha value is 0.749. The van der Waals surface area contributed by atoms with E-state index in [1.54, 1.807) is 0 Å². The first-order chi connectivity index (χ1) is 2.77. The second kappa shape index (κ2) is 2.35. The molecule has 0 radical (unpaired) electrons. The molecule has 0 aliphatic carbocycles. The molecule has 0 aromatic carbocycles. The number of hydrogen-bond acceptors (Lipinski definition) is 4. The van der Waals surface area contributed by atoms with Crippen molar-refractivity contribution in [3.63, 3.8) is 0 Å². The predicted octanol–water partition coefficient (Wildman–Crippen LogP) is -0.733. The predicted molar refractivity (Wildman–Crippen MR) is 22.7 cm³/mol. The molecule has 0 bridgehead atoms. The molecule has 44 valence electrons. The molecule has 1 atom stereocenters. The first-order valence-electron chi connectivity index (χ1n) is 1.56. The summed E-state index contributed by atoms with van der Waals surface area (Å²) in [5.74, 6) is 0. The summed E-state index contributed by atoms with van der Waals surface area (Å²) in [5, 5.41) is 7.54. The van der Waals surface area contributed by atoms with E-state index in [0.717, 1.165) is 12.0 Å². The minimum absolute atomic E-state index is 0. The van der Waals surface area contributed by atoms with Crippen molar-refractivity contribution in [3.8, 4) is 0 Å². The van der Waals surface area contributed by atoms with Crippen molar-refractivity contribution in [1.82, 2.24) is 0 Å². The van der Waals surface area contributed by atoms with Crippen LogP contribution >= 0.6 is 12.0 Å². The molecule has 5 heteroatoms. The van der Waals surface area contributed by atoms with Gasteiger partial charge in [0, 0.05) is 17.1 Å². The van der Waals surface area contributed by atoms with E-state index >= 15 is 0 Å². The van der Waals surface area contributed by atoms with E-state index in [1.165, 1.54) is 0 Å². The Labute approximate surface area is 56.3 Å². The molecule has 1 heterocycles. The van der Waals surface area contributed by atoms with E-state index < -0.39 is 5.12 Å². The van der Waals surface area contributed by atoms with E-state index in [4.69, 9.17) is 10.8 Å². The summed E-state index contributed by atoms with van der Waals surface area (Å²) >= 11 is 1.00. The molecule has 1 aliphatic rings. The van der Waals surface area contributed by atoms with Crippen molar-refractivity contribution >= 4 is 12.0 Å². The van der Waals surface area contributed by atoms with Crippen molar-refractivity contribution in [2.45, 2.75) is 5.12 Å². The van der Waals surface area contributed by atoms with Crippen LogP contribution in [0.2, 0.25) is 0 Å². The normalized spacial score (nSPS) is 36.9. The second-order valence-electron chi connectivity index (χ2n) is 1.08. The summed E-state index contributed by atoms with van der Waals surface area (Å²) in [6, 6.07) is 0. The van der Waals surface area contributed by atoms with E-state index in [9.17, 15) is 0 Å². The molecular weight excluding hydrogens is 158 g/mol. The van der Waals surface area contributed by atoms with Gasteiger partial charge in [-0.2, -0.15) is 0 Å². The zero-order valence-electron chi connectivity index (χ0n) is 3.40. The largest absolute Gasteiger partial charge is 0.354 e. The maximum Gasteiger partial charge on any atom is 0.265 e. The van der Waals surface area contributed by atoms with Crippen LogP contribution in [0.15, 0.2) is 0 Å². The Kier molecular flexibility index (Phi) is 2.60. The number of aliphatic hydroxyl groups is 1. The topological polar surface area (TPSA) is 58.8 Å². The standard InChI is InChI=1S/C2H5NO2S.Fe/c3-1-2(4)5-6-2;/h4H,1,3H2;. The molecule has 1 unspecified atom stereocenters. The van der Waals surface area contributed by atoms with Crippen LogP contribution in [0, 0.1) is 0 Å². The fraction of sp³-hybridized carbons (Fsp3) is 1.00. The third-order valence-electron chi connectivity index (χ3n) is 0.534. The van der Waals surface area contributed by atoms with Crippen LogP contribution in [-0.2, 0) is 21.3 Å². The minimum Gasteiger partial charge on any atom is -0.354 e. The van der Waals surface area contributed by atoms with Crippen LogP contribution in [-0.4, -0.2) is 16.8 Å². The third kappa shape index (κ3) is 1.99. The maximum atomic E-state index is 8.55. The SMILES string of the molecule is NCC1(O)OS1.[Fe]. The molecule has 0 aromatic heterocycles. The Morgan fingerprint density at radius 2 is 2.29 bits per heavy atom. The van der Waals surface area contributed by atoms with Gasteiger partial charge in [0.15, 0.2) is 0 Å². The summed E-state index contributed by atoms with van der Waals surface area (Å²) < 4.78 is 4.39. The summed E-state index contributed by atoms with van der Waals surface area (Å²) in [7, 11) is 0. The monoisotopic (exact) mass is 163 g/mol. The molecule has 7 heavy (non-hydrogen) atoms. The van der Waals surface area contributed by atoms with Gasteiger partial charge >= 0.3 is 0 Å². The first-order valence-corrected chi connectivity index (χ1v) is 2.30. The molecule has 1 saturated heterocycles. The first kappa shape index (κ1) is 7.75. The van der Waals surface area contributed by atoms with Crippen LogP contribution < -0.4 is 5.73 Å². The van der Waals surface area contributed by atoms with Gasteiger partial charge in [-0.1, -0.05) is 0 Å². The average Bonchev–Trinajstić information content (AvgIpc) is 2.22. The summed E-state index contributed by atoms with van der Waals surface area (Å²) in [6.45, 7) is 0.178. The van der Waals surface area contributed by atoms with Gasteiger partial charge in [0.1, 0.15) is 0 Å². The van der Waals surface area contributed by atoms with Crippen molar-refractivity contribution in [3.05, 3.63) is 0 Å². The van der Waals surface area contributed by atoms with Crippen molar-refractivity contribution in [2.24, 2.45) is 5.73 Å². The molecule has 1 aliphatic heterocycles. The van der Waals surface area contributed by atoms with Crippen LogP contribution in [0.1, 0.15) is 0 Å². The molecule has 0 amide bonds. The Morgan fingerprint density at radius 1 is 1.86 bits per heavy atom. The van der Waals surface area contributed by atoms with Gasteiger partial charge in [-0.25, -0.2) is 0 Å². The molecule has 0 saturated carbocycles. The smallest absolute Gasteiger partial charge is 0.265 e. The second-order valence-corrected chi connectivity index (χ2v) is 2.05. The Bertz CT molecular complexity index is 66.7. The summed E-state index contributed by atoms with van der Waals surface area (Å²) in [4.78, 5) is 0. The zero-order valence-corrected chi connectivity index (χ0v) is 5.32. The number of hydrogen-bond donors (Lipinski definition) is 2. The molecule has 3 nitrogen and oxygen atoms in total. The number of rotatable bonds is 1. The maximum absolute atomic E-state index is 8.55. The minimum atomic E-state index is -1.01. The summed E-state index contributed by atoms with van der Waals surface area (Å²) in [6.07, 6.45) is 0. The fourth-order valence-corrected chi connectivity index (χ4v) is 0.348. The van der Waals surface area contributed by atoms with Gasteiger partial charge in [-0.3, -0.25) is 4.18 Å². The molecule has 0 aromatic rings. The molecular formula is C2H5FeNO2S. The van der Waals surface area contributed by atoms with Crippen molar-refractivity contribution < 1.29 is 26.4 Å². The van der Waals surface area contributed by atoms with Gasteiger partial charge < -0.3 is 10.8 Å². The summed E-state index contributed by atoms with van der Waals surface area (Å²) in [5.41, 5.74) is 4.97. The van der Waals surface area contributed by atoms with Gasteiger partial charge in [-0.05, 0) is 0 Å². The van der Waals surface area contributed by atoms with E-state index in [1.807, 2.05) is 0 Å². The van der Waals surface area contributed by atoms with E-state index in [0.29, 0.717) is 0 Å². The molecule has 0 spiro atoms. The Balaban J connectivity index is 0.000000360. The van der Waals surface area contributed by atoms with E-state index in [2.05, 4.69) is 4.18 Å². The van der Waals surface area contributed by atoms with Crippen LogP contribution in [0.5, 0.6) is 0 Å². The van der Waals surface area contributed by atoms with Crippen molar-refractivity contribution in [2.75, 3.05) is 6.54 Å². The van der Waals surface area contributed by atoms with Crippen LogP contribution in [0.25, 0.3) is 0 Å². The fourth-order valence-electron chi connectivity index (χ4n) is 0.116. The van der Waals surface area contributed by atoms with Crippen molar-refractivity contribution in [1.29, 1.82) is 0 Å². The van der Waals surface area contributed by atoms with E-state index in [-0.39, 0.29) is 23.6 Å². The third-order valence-corrected chi connectivity index (χ3v) is 1.25. The van der Waals surface area contributed by atoms with Crippen LogP contribution in [0.3, 0.4) is 0 Å².